The van der Waals surface area contributed by atoms with Gasteiger partial charge in [-0.1, -0.05) is 24.3 Å². The Morgan fingerprint density at radius 1 is 1.45 bits per heavy atom. The van der Waals surface area contributed by atoms with Crippen LogP contribution in [0.1, 0.15) is 18.1 Å². The first-order chi connectivity index (χ1) is 9.56. The molecule has 0 atom stereocenters. The molecule has 0 aliphatic carbocycles. The molecule has 4 heteroatoms. The van der Waals surface area contributed by atoms with Crippen molar-refractivity contribution in [2.45, 2.75) is 20.3 Å². The van der Waals surface area contributed by atoms with Crippen LogP contribution < -0.4 is 11.1 Å². The van der Waals surface area contributed by atoms with Crippen molar-refractivity contribution in [1.29, 1.82) is 0 Å². The van der Waals surface area contributed by atoms with Crippen molar-refractivity contribution < 1.29 is 0 Å². The molecule has 0 radical (unpaired) electrons. The van der Waals surface area contributed by atoms with Crippen molar-refractivity contribution in [3.05, 3.63) is 47.7 Å². The number of hydrogen-bond donors (Lipinski definition) is 3. The molecule has 1 aromatic carbocycles. The fraction of sp³-hybridized carbons (Fsp3) is 0.312. The molecular weight excluding hydrogens is 248 g/mol. The van der Waals surface area contributed by atoms with Crippen LogP contribution >= 0.6 is 0 Å². The molecule has 0 fully saturated rings. The summed E-state index contributed by atoms with van der Waals surface area (Å²) in [5.74, 6) is 0.476. The second-order valence-corrected chi connectivity index (χ2v) is 5.20. The maximum absolute atomic E-state index is 5.78. The van der Waals surface area contributed by atoms with Gasteiger partial charge >= 0.3 is 0 Å². The molecule has 106 valence electrons. The first-order valence-corrected chi connectivity index (χ1v) is 6.81. The monoisotopic (exact) mass is 270 g/mol. The highest BCUT2D eigenvalue weighted by molar-refractivity contribution is 5.84. The second kappa shape index (κ2) is 6.28. The number of hydrogen-bond acceptors (Lipinski definition) is 1. The molecule has 1 aromatic heterocycles. The van der Waals surface area contributed by atoms with Gasteiger partial charge in [0.2, 0.25) is 0 Å². The van der Waals surface area contributed by atoms with Crippen molar-refractivity contribution in [2.75, 3.05) is 13.1 Å². The normalized spacial score (nSPS) is 11.8. The second-order valence-electron chi connectivity index (χ2n) is 5.20. The third-order valence-electron chi connectivity index (χ3n) is 3.14. The molecule has 4 N–H and O–H groups in total. The Balaban J connectivity index is 1.93. The van der Waals surface area contributed by atoms with Crippen molar-refractivity contribution in [2.24, 2.45) is 10.7 Å². The average molecular weight is 270 g/mol. The van der Waals surface area contributed by atoms with Gasteiger partial charge in [0.05, 0.1) is 6.54 Å². The van der Waals surface area contributed by atoms with E-state index in [9.17, 15) is 0 Å². The van der Waals surface area contributed by atoms with Crippen molar-refractivity contribution in [3.8, 4) is 0 Å². The van der Waals surface area contributed by atoms with Gasteiger partial charge in [-0.3, -0.25) is 0 Å². The highest BCUT2D eigenvalue weighted by Gasteiger charge is 2.03. The van der Waals surface area contributed by atoms with Gasteiger partial charge in [-0.15, -0.1) is 0 Å². The smallest absolute Gasteiger partial charge is 0.188 e. The highest BCUT2D eigenvalue weighted by Crippen LogP contribution is 2.19. The lowest BCUT2D eigenvalue weighted by molar-refractivity contribution is 0.856. The van der Waals surface area contributed by atoms with E-state index in [-0.39, 0.29) is 0 Å². The summed E-state index contributed by atoms with van der Waals surface area (Å²) in [4.78, 5) is 7.50. The summed E-state index contributed by atoms with van der Waals surface area (Å²) in [6.45, 7) is 9.17. The summed E-state index contributed by atoms with van der Waals surface area (Å²) < 4.78 is 0. The largest absolute Gasteiger partial charge is 0.370 e. The number of aromatic nitrogens is 1. The van der Waals surface area contributed by atoms with E-state index in [2.05, 4.69) is 53.2 Å². The van der Waals surface area contributed by atoms with Crippen LogP contribution in [0, 0.1) is 6.92 Å². The third-order valence-corrected chi connectivity index (χ3v) is 3.14. The Labute approximate surface area is 119 Å². The fourth-order valence-corrected chi connectivity index (χ4v) is 2.11. The van der Waals surface area contributed by atoms with Crippen LogP contribution in [0.25, 0.3) is 10.9 Å². The summed E-state index contributed by atoms with van der Waals surface area (Å²) in [5, 5.41) is 4.40. The van der Waals surface area contributed by atoms with Gasteiger partial charge in [0.25, 0.3) is 0 Å². The molecule has 0 aliphatic heterocycles. The molecule has 0 aliphatic rings. The Kier molecular flexibility index (Phi) is 4.45. The Bertz CT molecular complexity index is 637. The molecule has 0 unspecified atom stereocenters. The topological polar surface area (TPSA) is 66.2 Å². The number of rotatable bonds is 5. The van der Waals surface area contributed by atoms with Crippen LogP contribution in [0.2, 0.25) is 0 Å². The van der Waals surface area contributed by atoms with E-state index in [1.807, 2.05) is 6.92 Å². The summed E-state index contributed by atoms with van der Waals surface area (Å²) in [7, 11) is 0. The van der Waals surface area contributed by atoms with Crippen molar-refractivity contribution in [3.63, 3.8) is 0 Å². The standard InChI is InChI=1S/C16H22N4/c1-11(2)9-20-16(17)18-7-6-13-10-19-15-8-12(3)4-5-14(13)15/h4-5,8,10,19H,1,6-7,9H2,2-3H3,(H3,17,18,20). The molecule has 20 heavy (non-hydrogen) atoms. The van der Waals surface area contributed by atoms with E-state index in [4.69, 9.17) is 5.73 Å². The first kappa shape index (κ1) is 14.2. The average Bonchev–Trinajstić information content (AvgIpc) is 2.79. The van der Waals surface area contributed by atoms with Crippen LogP contribution in [0.4, 0.5) is 0 Å². The number of nitrogens with zero attached hydrogens (tertiary/aromatic N) is 1. The minimum absolute atomic E-state index is 0.476. The number of nitrogens with two attached hydrogens (primary N) is 1. The summed E-state index contributed by atoms with van der Waals surface area (Å²) in [6, 6.07) is 6.46. The number of fused-ring (bicyclic) bond motifs is 1. The molecule has 0 amide bonds. The minimum Gasteiger partial charge on any atom is -0.370 e. The molecule has 0 spiro atoms. The van der Waals surface area contributed by atoms with Crippen LogP contribution in [0.3, 0.4) is 0 Å². The lowest BCUT2D eigenvalue weighted by atomic mass is 10.1. The SMILES string of the molecule is C=C(C)CN=C(N)NCCc1c[nH]c2cc(C)ccc12. The van der Waals surface area contributed by atoms with Gasteiger partial charge in [-0.05, 0) is 37.5 Å². The Morgan fingerprint density at radius 2 is 2.25 bits per heavy atom. The van der Waals surface area contributed by atoms with E-state index in [1.165, 1.54) is 22.0 Å². The van der Waals surface area contributed by atoms with Crippen LogP contribution in [0.15, 0.2) is 41.5 Å². The van der Waals surface area contributed by atoms with Gasteiger partial charge in [0, 0.05) is 23.6 Å². The van der Waals surface area contributed by atoms with Crippen LogP contribution in [0.5, 0.6) is 0 Å². The molecule has 0 bridgehead atoms. The number of aliphatic imine (C=N–C) groups is 1. The summed E-state index contributed by atoms with van der Waals surface area (Å²) in [5.41, 5.74) is 10.5. The van der Waals surface area contributed by atoms with Gasteiger partial charge in [-0.2, -0.15) is 0 Å². The van der Waals surface area contributed by atoms with Crippen LogP contribution in [-0.2, 0) is 6.42 Å². The van der Waals surface area contributed by atoms with Crippen molar-refractivity contribution in [1.82, 2.24) is 10.3 Å². The zero-order valence-electron chi connectivity index (χ0n) is 12.2. The lowest BCUT2D eigenvalue weighted by Crippen LogP contribution is -2.33. The van der Waals surface area contributed by atoms with Crippen molar-refractivity contribution >= 4 is 16.9 Å². The number of benzene rings is 1. The zero-order valence-corrected chi connectivity index (χ0v) is 12.2. The predicted molar refractivity (Wildman–Crippen MR) is 86.0 cm³/mol. The third kappa shape index (κ3) is 3.63. The van der Waals surface area contributed by atoms with Crippen LogP contribution in [-0.4, -0.2) is 24.0 Å². The molecule has 1 heterocycles. The first-order valence-electron chi connectivity index (χ1n) is 6.81. The van der Waals surface area contributed by atoms with Gasteiger partial charge in [0.1, 0.15) is 0 Å². The number of aromatic amines is 1. The Morgan fingerprint density at radius 3 is 3.00 bits per heavy atom. The molecule has 2 rings (SSSR count). The van der Waals surface area contributed by atoms with Gasteiger partial charge < -0.3 is 16.0 Å². The van der Waals surface area contributed by atoms with E-state index in [0.29, 0.717) is 12.5 Å². The Hall–Kier alpha value is -2.23. The number of aryl methyl sites for hydroxylation is 1. The molecular formula is C16H22N4. The van der Waals surface area contributed by atoms with Gasteiger partial charge in [-0.25, -0.2) is 4.99 Å². The maximum Gasteiger partial charge on any atom is 0.188 e. The lowest BCUT2D eigenvalue weighted by Gasteiger charge is -2.05. The van der Waals surface area contributed by atoms with E-state index in [0.717, 1.165) is 18.5 Å². The molecule has 4 nitrogen and oxygen atoms in total. The number of nitrogens with one attached hydrogen (secondary N) is 2. The number of H-pyrrole nitrogens is 1. The van der Waals surface area contributed by atoms with Gasteiger partial charge in [0.15, 0.2) is 5.96 Å². The quantitative estimate of drug-likeness (QED) is 0.444. The highest BCUT2D eigenvalue weighted by atomic mass is 15.1. The fourth-order valence-electron chi connectivity index (χ4n) is 2.11. The minimum atomic E-state index is 0.476. The van der Waals surface area contributed by atoms with E-state index >= 15 is 0 Å². The van der Waals surface area contributed by atoms with E-state index < -0.39 is 0 Å². The zero-order chi connectivity index (χ0) is 14.5. The number of guanidine groups is 1. The molecule has 2 aromatic rings. The summed E-state index contributed by atoms with van der Waals surface area (Å²) >= 11 is 0. The maximum atomic E-state index is 5.78. The summed E-state index contributed by atoms with van der Waals surface area (Å²) in [6.07, 6.45) is 2.97. The molecule has 0 saturated heterocycles. The van der Waals surface area contributed by atoms with E-state index in [1.54, 1.807) is 0 Å². The molecule has 0 saturated carbocycles. The predicted octanol–water partition coefficient (Wildman–Crippen LogP) is 2.50.